The molecule has 0 amide bonds. The molecule has 1 aromatic heterocycles. The quantitative estimate of drug-likeness (QED) is 0.848. The fourth-order valence-electron chi connectivity index (χ4n) is 1.75. The van der Waals surface area contributed by atoms with Gasteiger partial charge in [-0.05, 0) is 13.3 Å². The molecule has 78 valence electrons. The first kappa shape index (κ1) is 10.2. The van der Waals surface area contributed by atoms with Gasteiger partial charge in [0.05, 0.1) is 6.10 Å². The Hall–Kier alpha value is -0.320. The Labute approximate surface area is 92.3 Å². The minimum atomic E-state index is -0.226. The normalized spacial score (nSPS) is 24.2. The van der Waals surface area contributed by atoms with Crippen LogP contribution in [0.4, 0.5) is 5.13 Å². The van der Waals surface area contributed by atoms with E-state index in [1.54, 1.807) is 11.3 Å². The zero-order valence-electron chi connectivity index (χ0n) is 7.98. The summed E-state index contributed by atoms with van der Waals surface area (Å²) in [5, 5.41) is 12.8. The molecule has 0 radical (unpaired) electrons. The molecule has 1 saturated heterocycles. The molecule has 0 spiro atoms. The molecular weight excluding hydrogens is 220 g/mol. The van der Waals surface area contributed by atoms with E-state index < -0.39 is 0 Å². The summed E-state index contributed by atoms with van der Waals surface area (Å²) >= 11 is 7.32. The molecule has 0 saturated carbocycles. The van der Waals surface area contributed by atoms with Crippen LogP contribution >= 0.6 is 22.9 Å². The number of aliphatic hydroxyl groups is 1. The lowest BCUT2D eigenvalue weighted by Crippen LogP contribution is -2.23. The largest absolute Gasteiger partial charge is 0.393 e. The van der Waals surface area contributed by atoms with Gasteiger partial charge in [0.1, 0.15) is 5.15 Å². The second-order valence-electron chi connectivity index (χ2n) is 3.69. The molecule has 1 aromatic rings. The molecule has 1 aliphatic rings. The maximum absolute atomic E-state index is 9.45. The molecule has 0 aliphatic carbocycles. The molecular formula is C9H13ClN2OS. The third-order valence-corrected chi connectivity index (χ3v) is 3.87. The van der Waals surface area contributed by atoms with Gasteiger partial charge in [-0.2, -0.15) is 0 Å². The molecule has 5 heteroatoms. The van der Waals surface area contributed by atoms with E-state index in [1.165, 1.54) is 0 Å². The summed E-state index contributed by atoms with van der Waals surface area (Å²) < 4.78 is 0. The Morgan fingerprint density at radius 3 is 3.07 bits per heavy atom. The smallest absolute Gasteiger partial charge is 0.186 e. The van der Waals surface area contributed by atoms with Crippen LogP contribution in [0, 0.1) is 5.92 Å². The molecule has 1 aliphatic heterocycles. The number of rotatable bonds is 2. The number of aromatic nitrogens is 1. The lowest BCUT2D eigenvalue weighted by molar-refractivity contribution is 0.136. The van der Waals surface area contributed by atoms with Crippen molar-refractivity contribution in [1.82, 2.24) is 4.98 Å². The summed E-state index contributed by atoms with van der Waals surface area (Å²) in [7, 11) is 0. The van der Waals surface area contributed by atoms with Crippen molar-refractivity contribution in [3.63, 3.8) is 0 Å². The average Bonchev–Trinajstić information content (AvgIpc) is 2.70. The van der Waals surface area contributed by atoms with E-state index >= 15 is 0 Å². The highest BCUT2D eigenvalue weighted by atomic mass is 35.5. The number of aliphatic hydroxyl groups excluding tert-OH is 1. The number of nitrogens with zero attached hydrogens (tertiary/aromatic N) is 2. The molecule has 2 rings (SSSR count). The maximum atomic E-state index is 9.45. The van der Waals surface area contributed by atoms with Gasteiger partial charge in [-0.3, -0.25) is 0 Å². The molecule has 2 atom stereocenters. The van der Waals surface area contributed by atoms with E-state index in [9.17, 15) is 5.11 Å². The van der Waals surface area contributed by atoms with Crippen LogP contribution in [0.2, 0.25) is 5.15 Å². The average molecular weight is 233 g/mol. The van der Waals surface area contributed by atoms with Gasteiger partial charge in [-0.25, -0.2) is 4.98 Å². The molecule has 14 heavy (non-hydrogen) atoms. The predicted octanol–water partition coefficient (Wildman–Crippen LogP) is 2.00. The van der Waals surface area contributed by atoms with E-state index in [-0.39, 0.29) is 6.10 Å². The van der Waals surface area contributed by atoms with Gasteiger partial charge in [-0.1, -0.05) is 11.6 Å². The van der Waals surface area contributed by atoms with Gasteiger partial charge in [0.15, 0.2) is 5.13 Å². The van der Waals surface area contributed by atoms with Crippen LogP contribution < -0.4 is 4.90 Å². The Bertz CT molecular complexity index is 316. The highest BCUT2D eigenvalue weighted by molar-refractivity contribution is 7.14. The van der Waals surface area contributed by atoms with E-state index in [0.29, 0.717) is 11.1 Å². The van der Waals surface area contributed by atoms with Gasteiger partial charge < -0.3 is 10.0 Å². The molecule has 1 N–H and O–H groups in total. The Balaban J connectivity index is 2.02. The van der Waals surface area contributed by atoms with Crippen molar-refractivity contribution in [1.29, 1.82) is 0 Å². The maximum Gasteiger partial charge on any atom is 0.186 e. The van der Waals surface area contributed by atoms with E-state index in [2.05, 4.69) is 9.88 Å². The van der Waals surface area contributed by atoms with E-state index in [1.807, 2.05) is 12.3 Å². The number of halogens is 1. The summed E-state index contributed by atoms with van der Waals surface area (Å²) in [5.41, 5.74) is 0. The van der Waals surface area contributed by atoms with Gasteiger partial charge in [0.2, 0.25) is 0 Å². The highest BCUT2D eigenvalue weighted by Gasteiger charge is 2.27. The second kappa shape index (κ2) is 4.04. The van der Waals surface area contributed by atoms with Gasteiger partial charge >= 0.3 is 0 Å². The van der Waals surface area contributed by atoms with Crippen molar-refractivity contribution in [2.24, 2.45) is 5.92 Å². The Kier molecular flexibility index (Phi) is 2.95. The van der Waals surface area contributed by atoms with Gasteiger partial charge in [-0.15, -0.1) is 11.3 Å². The molecule has 2 unspecified atom stereocenters. The fraction of sp³-hybridized carbons (Fsp3) is 0.667. The monoisotopic (exact) mass is 232 g/mol. The number of hydrogen-bond acceptors (Lipinski definition) is 4. The SMILES string of the molecule is CC(O)C1CCN(c2nc(Cl)cs2)C1. The lowest BCUT2D eigenvalue weighted by atomic mass is 10.0. The Morgan fingerprint density at radius 1 is 1.79 bits per heavy atom. The first-order valence-corrected chi connectivity index (χ1v) is 5.96. The van der Waals surface area contributed by atoms with Crippen LogP contribution in [0.15, 0.2) is 5.38 Å². The topological polar surface area (TPSA) is 36.4 Å². The predicted molar refractivity (Wildman–Crippen MR) is 59.1 cm³/mol. The Morgan fingerprint density at radius 2 is 2.57 bits per heavy atom. The van der Waals surface area contributed by atoms with Crippen molar-refractivity contribution in [2.45, 2.75) is 19.4 Å². The van der Waals surface area contributed by atoms with Crippen LogP contribution in [0.3, 0.4) is 0 Å². The standard InChI is InChI=1S/C9H13ClN2OS/c1-6(13)7-2-3-12(4-7)9-11-8(10)5-14-9/h5-7,13H,2-4H2,1H3. The summed E-state index contributed by atoms with van der Waals surface area (Å²) in [5.74, 6) is 0.373. The number of hydrogen-bond donors (Lipinski definition) is 1. The number of anilines is 1. The molecule has 0 bridgehead atoms. The van der Waals surface area contributed by atoms with Crippen molar-refractivity contribution >= 4 is 28.1 Å². The zero-order chi connectivity index (χ0) is 10.1. The fourth-order valence-corrected chi connectivity index (χ4v) is 2.73. The summed E-state index contributed by atoms with van der Waals surface area (Å²) in [6.45, 7) is 3.71. The van der Waals surface area contributed by atoms with Crippen LogP contribution in [-0.2, 0) is 0 Å². The van der Waals surface area contributed by atoms with Crippen molar-refractivity contribution in [3.05, 3.63) is 10.5 Å². The minimum absolute atomic E-state index is 0.226. The third kappa shape index (κ3) is 2.02. The summed E-state index contributed by atoms with van der Waals surface area (Å²) in [4.78, 5) is 6.40. The van der Waals surface area contributed by atoms with E-state index in [0.717, 1.165) is 24.6 Å². The highest BCUT2D eigenvalue weighted by Crippen LogP contribution is 2.29. The van der Waals surface area contributed by atoms with Gasteiger partial charge in [0.25, 0.3) is 0 Å². The lowest BCUT2D eigenvalue weighted by Gasteiger charge is -2.16. The van der Waals surface area contributed by atoms with Crippen LogP contribution in [0.1, 0.15) is 13.3 Å². The van der Waals surface area contributed by atoms with Crippen molar-refractivity contribution in [3.8, 4) is 0 Å². The van der Waals surface area contributed by atoms with Gasteiger partial charge in [0, 0.05) is 24.4 Å². The minimum Gasteiger partial charge on any atom is -0.393 e. The summed E-state index contributed by atoms with van der Waals surface area (Å²) in [6, 6.07) is 0. The number of thiazole rings is 1. The van der Waals surface area contributed by atoms with Crippen LogP contribution in [0.5, 0.6) is 0 Å². The summed E-state index contributed by atoms with van der Waals surface area (Å²) in [6.07, 6.45) is 0.810. The van der Waals surface area contributed by atoms with Crippen molar-refractivity contribution in [2.75, 3.05) is 18.0 Å². The van der Waals surface area contributed by atoms with Crippen molar-refractivity contribution < 1.29 is 5.11 Å². The molecule has 1 fully saturated rings. The molecule has 2 heterocycles. The van der Waals surface area contributed by atoms with Crippen LogP contribution in [-0.4, -0.2) is 29.3 Å². The third-order valence-electron chi connectivity index (χ3n) is 2.64. The zero-order valence-corrected chi connectivity index (χ0v) is 9.55. The van der Waals surface area contributed by atoms with E-state index in [4.69, 9.17) is 11.6 Å². The first-order valence-electron chi connectivity index (χ1n) is 4.71. The second-order valence-corrected chi connectivity index (χ2v) is 4.91. The van der Waals surface area contributed by atoms with Crippen LogP contribution in [0.25, 0.3) is 0 Å². The molecule has 0 aromatic carbocycles. The molecule has 3 nitrogen and oxygen atoms in total. The first-order chi connectivity index (χ1) is 6.66.